The zero-order chi connectivity index (χ0) is 15.1. The molecule has 0 radical (unpaired) electrons. The van der Waals surface area contributed by atoms with Crippen LogP contribution in [0.4, 0.5) is 10.2 Å². The molecule has 8 nitrogen and oxygen atoms in total. The van der Waals surface area contributed by atoms with Gasteiger partial charge < -0.3 is 20.7 Å². The smallest absolute Gasteiger partial charge is 0.351 e. The Kier molecular flexibility index (Phi) is 3.47. The minimum atomic E-state index is -1.43. The summed E-state index contributed by atoms with van der Waals surface area (Å²) in [5, 5.41) is 28.3. The molecule has 1 aromatic heterocycles. The molecule has 1 saturated heterocycles. The highest BCUT2D eigenvalue weighted by atomic mass is 19.1. The van der Waals surface area contributed by atoms with Crippen LogP contribution in [0.1, 0.15) is 13.2 Å². The number of halogens is 1. The van der Waals surface area contributed by atoms with E-state index in [1.807, 2.05) is 0 Å². The Morgan fingerprint density at radius 3 is 2.95 bits per heavy atom. The van der Waals surface area contributed by atoms with Gasteiger partial charge in [-0.2, -0.15) is 10.2 Å². The maximum absolute atomic E-state index is 13.4. The summed E-state index contributed by atoms with van der Waals surface area (Å²) in [5.41, 5.74) is 2.83. The number of aliphatic hydroxyl groups excluding tert-OH is 2. The summed E-state index contributed by atoms with van der Waals surface area (Å²) in [6, 6.07) is 1.79. The summed E-state index contributed by atoms with van der Waals surface area (Å²) in [7, 11) is 0. The maximum atomic E-state index is 13.4. The van der Waals surface area contributed by atoms with Crippen molar-refractivity contribution in [3.05, 3.63) is 22.5 Å². The van der Waals surface area contributed by atoms with Crippen LogP contribution < -0.4 is 11.4 Å². The minimum absolute atomic E-state index is 0.566. The first-order chi connectivity index (χ1) is 9.34. The van der Waals surface area contributed by atoms with E-state index in [0.29, 0.717) is 0 Å². The van der Waals surface area contributed by atoms with Gasteiger partial charge in [-0.15, -0.1) is 0 Å². The van der Waals surface area contributed by atoms with E-state index in [1.54, 1.807) is 6.07 Å². The maximum Gasteiger partial charge on any atom is 0.351 e. The number of rotatable bonds is 2. The first-order valence-electron chi connectivity index (χ1n) is 5.74. The number of nitrogens with zero attached hydrogens (tertiary/aromatic N) is 3. The Labute approximate surface area is 112 Å². The summed E-state index contributed by atoms with van der Waals surface area (Å²) in [6.07, 6.45) is -1.84. The lowest BCUT2D eigenvalue weighted by Crippen LogP contribution is -2.41. The van der Waals surface area contributed by atoms with Crippen molar-refractivity contribution in [2.45, 2.75) is 24.9 Å². The molecular formula is C11H13FN4O4. The molecule has 1 aliphatic heterocycles. The van der Waals surface area contributed by atoms with E-state index in [-0.39, 0.29) is 0 Å². The third-order valence-electron chi connectivity index (χ3n) is 3.33. The lowest BCUT2D eigenvalue weighted by Gasteiger charge is -2.24. The summed E-state index contributed by atoms with van der Waals surface area (Å²) in [5.74, 6) is -2.67. The number of aliphatic hydroxyl groups is 2. The topological polar surface area (TPSA) is 134 Å². The minimum Gasteiger partial charge on any atom is -0.393 e. The molecule has 0 amide bonds. The molecule has 0 saturated carbocycles. The lowest BCUT2D eigenvalue weighted by atomic mass is 9.92. The monoisotopic (exact) mass is 284 g/mol. The van der Waals surface area contributed by atoms with E-state index in [9.17, 15) is 19.4 Å². The van der Waals surface area contributed by atoms with Gasteiger partial charge in [-0.25, -0.2) is 9.18 Å². The molecule has 0 unspecified atom stereocenters. The molecule has 0 aliphatic carbocycles. The fraction of sp³-hybridized carbons (Fsp3) is 0.545. The highest BCUT2D eigenvalue weighted by Gasteiger charge is 2.53. The molecule has 1 aliphatic rings. The normalized spacial score (nSPS) is 33.0. The molecule has 108 valence electrons. The number of anilines is 1. The summed E-state index contributed by atoms with van der Waals surface area (Å²) < 4.78 is 19.5. The van der Waals surface area contributed by atoms with Gasteiger partial charge in [-0.05, 0) is 6.92 Å². The van der Waals surface area contributed by atoms with E-state index in [4.69, 9.17) is 15.7 Å². The lowest BCUT2D eigenvalue weighted by molar-refractivity contribution is -0.117. The SMILES string of the molecule is C[C@]1(CO)O[C@@H](n2cc(F)c(N)nc2=O)[C@@H](C#N)[C@@H]1O. The number of nitriles is 1. The summed E-state index contributed by atoms with van der Waals surface area (Å²) >= 11 is 0. The van der Waals surface area contributed by atoms with E-state index in [1.165, 1.54) is 6.92 Å². The van der Waals surface area contributed by atoms with Crippen molar-refractivity contribution in [2.24, 2.45) is 5.92 Å². The fourth-order valence-electron chi connectivity index (χ4n) is 2.09. The number of aromatic nitrogens is 2. The first kappa shape index (κ1) is 14.4. The molecular weight excluding hydrogens is 271 g/mol. The third kappa shape index (κ3) is 2.03. The molecule has 1 aromatic rings. The van der Waals surface area contributed by atoms with Crippen molar-refractivity contribution in [3.8, 4) is 6.07 Å². The highest BCUT2D eigenvalue weighted by Crippen LogP contribution is 2.40. The van der Waals surface area contributed by atoms with Crippen LogP contribution in [0.15, 0.2) is 11.0 Å². The average Bonchev–Trinajstić information content (AvgIpc) is 2.67. The number of nitrogen functional groups attached to an aromatic ring is 1. The van der Waals surface area contributed by atoms with Gasteiger partial charge in [0.15, 0.2) is 17.9 Å². The molecule has 1 fully saturated rings. The van der Waals surface area contributed by atoms with Crippen molar-refractivity contribution in [2.75, 3.05) is 12.3 Å². The van der Waals surface area contributed by atoms with Gasteiger partial charge in [0.1, 0.15) is 17.6 Å². The first-order valence-corrected chi connectivity index (χ1v) is 5.74. The number of hydrogen-bond donors (Lipinski definition) is 3. The van der Waals surface area contributed by atoms with Crippen LogP contribution in [0, 0.1) is 23.1 Å². The van der Waals surface area contributed by atoms with Crippen molar-refractivity contribution in [1.82, 2.24) is 9.55 Å². The molecule has 0 spiro atoms. The van der Waals surface area contributed by atoms with Gasteiger partial charge in [0.2, 0.25) is 0 Å². The number of nitrogens with two attached hydrogens (primary N) is 1. The molecule has 2 rings (SSSR count). The Bertz CT molecular complexity index is 628. The largest absolute Gasteiger partial charge is 0.393 e. The van der Waals surface area contributed by atoms with Gasteiger partial charge in [0.25, 0.3) is 0 Å². The second kappa shape index (κ2) is 4.82. The predicted molar refractivity (Wildman–Crippen MR) is 63.6 cm³/mol. The van der Waals surface area contributed by atoms with Crippen molar-refractivity contribution < 1.29 is 19.3 Å². The van der Waals surface area contributed by atoms with E-state index >= 15 is 0 Å². The highest BCUT2D eigenvalue weighted by molar-refractivity contribution is 5.26. The van der Waals surface area contributed by atoms with Gasteiger partial charge in [0, 0.05) is 0 Å². The Hall–Kier alpha value is -2.02. The van der Waals surface area contributed by atoms with E-state index in [0.717, 1.165) is 10.8 Å². The van der Waals surface area contributed by atoms with Crippen LogP contribution in [0.3, 0.4) is 0 Å². The average molecular weight is 284 g/mol. The molecule has 4 atom stereocenters. The predicted octanol–water partition coefficient (Wildman–Crippen LogP) is -1.25. The van der Waals surface area contributed by atoms with E-state index < -0.39 is 47.8 Å². The Balaban J connectivity index is 2.51. The number of hydrogen-bond acceptors (Lipinski definition) is 7. The molecule has 0 bridgehead atoms. The van der Waals surface area contributed by atoms with Crippen LogP contribution in [0.25, 0.3) is 0 Å². The molecule has 4 N–H and O–H groups in total. The quantitative estimate of drug-likeness (QED) is 0.617. The van der Waals surface area contributed by atoms with Crippen LogP contribution >= 0.6 is 0 Å². The second-order valence-electron chi connectivity index (χ2n) is 4.74. The fourth-order valence-corrected chi connectivity index (χ4v) is 2.09. The second-order valence-corrected chi connectivity index (χ2v) is 4.74. The number of ether oxygens (including phenoxy) is 1. The van der Waals surface area contributed by atoms with Crippen LogP contribution in [0.5, 0.6) is 0 Å². The standard InChI is InChI=1S/C11H13FN4O4/c1-11(4-17)7(18)5(2-13)9(20-11)16-3-6(12)8(14)15-10(16)19/h3,5,7,9,17-18H,4H2,1H3,(H2,14,15,19)/t5-,7-,9+,11+/m0/s1. The Morgan fingerprint density at radius 2 is 2.40 bits per heavy atom. The molecule has 9 heteroatoms. The summed E-state index contributed by atoms with van der Waals surface area (Å²) in [6.45, 7) is 0.816. The van der Waals surface area contributed by atoms with Crippen LogP contribution in [-0.2, 0) is 4.74 Å². The zero-order valence-corrected chi connectivity index (χ0v) is 10.5. The molecule has 0 aromatic carbocycles. The third-order valence-corrected chi connectivity index (χ3v) is 3.33. The van der Waals surface area contributed by atoms with E-state index in [2.05, 4.69) is 4.98 Å². The van der Waals surface area contributed by atoms with Gasteiger partial charge in [-0.3, -0.25) is 4.57 Å². The van der Waals surface area contributed by atoms with Crippen LogP contribution in [0.2, 0.25) is 0 Å². The van der Waals surface area contributed by atoms with Crippen molar-refractivity contribution >= 4 is 5.82 Å². The molecule has 2 heterocycles. The van der Waals surface area contributed by atoms with Crippen molar-refractivity contribution in [1.29, 1.82) is 5.26 Å². The Morgan fingerprint density at radius 1 is 1.75 bits per heavy atom. The molecule has 20 heavy (non-hydrogen) atoms. The van der Waals surface area contributed by atoms with Gasteiger partial charge >= 0.3 is 5.69 Å². The van der Waals surface area contributed by atoms with Gasteiger partial charge in [-0.1, -0.05) is 0 Å². The van der Waals surface area contributed by atoms with Gasteiger partial charge in [0.05, 0.1) is 18.9 Å². The summed E-state index contributed by atoms with van der Waals surface area (Å²) in [4.78, 5) is 15.0. The zero-order valence-electron chi connectivity index (χ0n) is 10.5. The van der Waals surface area contributed by atoms with Crippen LogP contribution in [-0.4, -0.2) is 38.1 Å². The van der Waals surface area contributed by atoms with Crippen molar-refractivity contribution in [3.63, 3.8) is 0 Å².